The van der Waals surface area contributed by atoms with Crippen LogP contribution < -0.4 is 5.32 Å². The fourth-order valence-electron chi connectivity index (χ4n) is 1.22. The molecule has 0 aromatic heterocycles. The van der Waals surface area contributed by atoms with E-state index in [4.69, 9.17) is 4.74 Å². The Bertz CT molecular complexity index is 184. The van der Waals surface area contributed by atoms with Gasteiger partial charge in [-0.3, -0.25) is 0 Å². The normalized spacial score (nSPS) is 13.4. The van der Waals surface area contributed by atoms with Crippen LogP contribution >= 0.6 is 11.8 Å². The predicted molar refractivity (Wildman–Crippen MR) is 66.4 cm³/mol. The molecule has 0 heterocycles. The third-order valence-electron chi connectivity index (χ3n) is 1.73. The summed E-state index contributed by atoms with van der Waals surface area (Å²) >= 11 is 1.74. The van der Waals surface area contributed by atoms with E-state index < -0.39 is 5.60 Å². The number of hydrogen-bond donors (Lipinski definition) is 1. The van der Waals surface area contributed by atoms with Gasteiger partial charge in [0, 0.05) is 11.8 Å². The first-order valence-corrected chi connectivity index (χ1v) is 6.77. The summed E-state index contributed by atoms with van der Waals surface area (Å²) in [7, 11) is 0. The molecule has 0 aromatic carbocycles. The van der Waals surface area contributed by atoms with Crippen molar-refractivity contribution in [2.75, 3.05) is 12.0 Å². The number of carbonyl (C=O) groups is 1. The Kier molecular flexibility index (Phi) is 6.81. The average Bonchev–Trinajstić information content (AvgIpc) is 2.00. The molecule has 0 aliphatic rings. The number of rotatable bonds is 5. The maximum absolute atomic E-state index is 11.5. The number of nitrogens with one attached hydrogen (secondary N) is 1. The van der Waals surface area contributed by atoms with Crippen LogP contribution in [-0.4, -0.2) is 29.7 Å². The molecular formula is C11H23NO2S. The number of amides is 1. The Labute approximate surface area is 97.3 Å². The van der Waals surface area contributed by atoms with Gasteiger partial charge < -0.3 is 10.1 Å². The third-order valence-corrected chi connectivity index (χ3v) is 2.46. The van der Waals surface area contributed by atoms with E-state index in [0.29, 0.717) is 0 Å². The first-order valence-electron chi connectivity index (χ1n) is 5.37. The van der Waals surface area contributed by atoms with Crippen molar-refractivity contribution in [3.8, 4) is 0 Å². The summed E-state index contributed by atoms with van der Waals surface area (Å²) < 4.78 is 5.20. The lowest BCUT2D eigenvalue weighted by molar-refractivity contribution is 0.0507. The first kappa shape index (κ1) is 14.6. The monoisotopic (exact) mass is 233 g/mol. The van der Waals surface area contributed by atoms with Gasteiger partial charge in [-0.1, -0.05) is 13.3 Å². The Morgan fingerprint density at radius 2 is 2.07 bits per heavy atom. The molecule has 0 radical (unpaired) electrons. The Morgan fingerprint density at radius 1 is 1.47 bits per heavy atom. The molecular weight excluding hydrogens is 210 g/mol. The molecule has 4 heteroatoms. The van der Waals surface area contributed by atoms with Crippen LogP contribution in [0.15, 0.2) is 0 Å². The van der Waals surface area contributed by atoms with Gasteiger partial charge in [0.2, 0.25) is 0 Å². The van der Waals surface area contributed by atoms with Gasteiger partial charge in [-0.2, -0.15) is 11.8 Å². The molecule has 1 unspecified atom stereocenters. The molecule has 1 N–H and O–H groups in total. The second kappa shape index (κ2) is 6.99. The highest BCUT2D eigenvalue weighted by atomic mass is 32.2. The lowest BCUT2D eigenvalue weighted by Crippen LogP contribution is -2.40. The van der Waals surface area contributed by atoms with Crippen LogP contribution in [0.1, 0.15) is 40.5 Å². The maximum Gasteiger partial charge on any atom is 0.407 e. The maximum atomic E-state index is 11.5. The Morgan fingerprint density at radius 3 is 2.47 bits per heavy atom. The van der Waals surface area contributed by atoms with Crippen LogP contribution in [0, 0.1) is 0 Å². The zero-order chi connectivity index (χ0) is 11.9. The fraction of sp³-hybridized carbons (Fsp3) is 0.909. The van der Waals surface area contributed by atoms with E-state index >= 15 is 0 Å². The van der Waals surface area contributed by atoms with Crippen LogP contribution in [-0.2, 0) is 4.74 Å². The van der Waals surface area contributed by atoms with E-state index in [1.165, 1.54) is 0 Å². The van der Waals surface area contributed by atoms with Crippen molar-refractivity contribution in [3.63, 3.8) is 0 Å². The molecule has 0 bridgehead atoms. The Hall–Kier alpha value is -0.380. The topological polar surface area (TPSA) is 38.3 Å². The van der Waals surface area contributed by atoms with E-state index in [-0.39, 0.29) is 12.1 Å². The average molecular weight is 233 g/mol. The van der Waals surface area contributed by atoms with Crippen LogP contribution in [0.2, 0.25) is 0 Å². The quantitative estimate of drug-likeness (QED) is 0.793. The largest absolute Gasteiger partial charge is 0.444 e. The minimum absolute atomic E-state index is 0.222. The van der Waals surface area contributed by atoms with E-state index in [0.717, 1.165) is 18.6 Å². The van der Waals surface area contributed by atoms with Crippen LogP contribution in [0.4, 0.5) is 4.79 Å². The summed E-state index contributed by atoms with van der Waals surface area (Å²) in [5, 5.41) is 2.89. The van der Waals surface area contributed by atoms with Crippen LogP contribution in [0.3, 0.4) is 0 Å². The predicted octanol–water partition coefficient (Wildman–Crippen LogP) is 3.04. The van der Waals surface area contributed by atoms with Crippen molar-refractivity contribution in [2.45, 2.75) is 52.2 Å². The van der Waals surface area contributed by atoms with E-state index in [9.17, 15) is 4.79 Å². The number of thioether (sulfide) groups is 1. The zero-order valence-corrected chi connectivity index (χ0v) is 11.2. The fourth-order valence-corrected chi connectivity index (χ4v) is 1.87. The molecule has 0 aromatic rings. The van der Waals surface area contributed by atoms with E-state index in [1.807, 2.05) is 27.0 Å². The van der Waals surface area contributed by atoms with Crippen molar-refractivity contribution in [1.82, 2.24) is 5.32 Å². The van der Waals surface area contributed by atoms with Crippen molar-refractivity contribution in [2.24, 2.45) is 0 Å². The standard InChI is InChI=1S/C11H23NO2S/c1-6-7-9(8-15-5)12-10(13)14-11(2,3)4/h9H,6-8H2,1-5H3,(H,12,13). The molecule has 0 rings (SSSR count). The molecule has 3 nitrogen and oxygen atoms in total. The summed E-state index contributed by atoms with van der Waals surface area (Å²) in [6.07, 6.45) is 3.80. The van der Waals surface area contributed by atoms with Gasteiger partial charge >= 0.3 is 6.09 Å². The van der Waals surface area contributed by atoms with Gasteiger partial charge in [0.15, 0.2) is 0 Å². The molecule has 1 atom stereocenters. The van der Waals surface area contributed by atoms with E-state index in [1.54, 1.807) is 11.8 Å². The molecule has 15 heavy (non-hydrogen) atoms. The molecule has 0 saturated carbocycles. The minimum atomic E-state index is -0.416. The van der Waals surface area contributed by atoms with Gasteiger partial charge in [-0.25, -0.2) is 4.79 Å². The number of carbonyl (C=O) groups excluding carboxylic acids is 1. The number of hydrogen-bond acceptors (Lipinski definition) is 3. The second-order valence-electron chi connectivity index (χ2n) is 4.59. The SMILES string of the molecule is CCCC(CSC)NC(=O)OC(C)(C)C. The van der Waals surface area contributed by atoms with Crippen molar-refractivity contribution in [3.05, 3.63) is 0 Å². The summed E-state index contributed by atoms with van der Waals surface area (Å²) in [6, 6.07) is 0.222. The van der Waals surface area contributed by atoms with Crippen molar-refractivity contribution >= 4 is 17.9 Å². The number of ether oxygens (including phenoxy) is 1. The lowest BCUT2D eigenvalue weighted by atomic mass is 10.2. The summed E-state index contributed by atoms with van der Waals surface area (Å²) in [4.78, 5) is 11.5. The van der Waals surface area contributed by atoms with Crippen LogP contribution in [0.25, 0.3) is 0 Å². The summed E-state index contributed by atoms with van der Waals surface area (Å²) in [6.45, 7) is 7.73. The van der Waals surface area contributed by atoms with E-state index in [2.05, 4.69) is 12.2 Å². The van der Waals surface area contributed by atoms with Crippen LogP contribution in [0.5, 0.6) is 0 Å². The molecule has 0 aliphatic heterocycles. The molecule has 0 spiro atoms. The molecule has 0 fully saturated rings. The summed E-state index contributed by atoms with van der Waals surface area (Å²) in [5.74, 6) is 0.938. The zero-order valence-electron chi connectivity index (χ0n) is 10.4. The second-order valence-corrected chi connectivity index (χ2v) is 5.50. The van der Waals surface area contributed by atoms with Gasteiger partial charge in [-0.05, 0) is 33.4 Å². The molecule has 1 amide bonds. The highest BCUT2D eigenvalue weighted by Gasteiger charge is 2.18. The Balaban J connectivity index is 3.99. The van der Waals surface area contributed by atoms with Gasteiger partial charge in [0.05, 0.1) is 0 Å². The summed E-state index contributed by atoms with van der Waals surface area (Å²) in [5.41, 5.74) is -0.416. The molecule has 0 aliphatic carbocycles. The third kappa shape index (κ3) is 8.60. The first-order chi connectivity index (χ1) is 6.89. The van der Waals surface area contributed by atoms with Gasteiger partial charge in [0.25, 0.3) is 0 Å². The minimum Gasteiger partial charge on any atom is -0.444 e. The van der Waals surface area contributed by atoms with Crippen molar-refractivity contribution in [1.29, 1.82) is 0 Å². The highest BCUT2D eigenvalue weighted by molar-refractivity contribution is 7.98. The number of alkyl carbamates (subject to hydrolysis) is 1. The molecule has 0 saturated heterocycles. The van der Waals surface area contributed by atoms with Gasteiger partial charge in [0.1, 0.15) is 5.60 Å². The highest BCUT2D eigenvalue weighted by Crippen LogP contribution is 2.09. The molecule has 90 valence electrons. The van der Waals surface area contributed by atoms with Gasteiger partial charge in [-0.15, -0.1) is 0 Å². The van der Waals surface area contributed by atoms with Crippen molar-refractivity contribution < 1.29 is 9.53 Å². The smallest absolute Gasteiger partial charge is 0.407 e. The lowest BCUT2D eigenvalue weighted by Gasteiger charge is -2.23.